The number of para-hydroxylation sites is 1. The molecule has 0 bridgehead atoms. The summed E-state index contributed by atoms with van der Waals surface area (Å²) in [4.78, 5) is 19.9. The average Bonchev–Trinajstić information content (AvgIpc) is 2.58. The molecule has 1 saturated carbocycles. The summed E-state index contributed by atoms with van der Waals surface area (Å²) < 4.78 is 41.4. The first-order chi connectivity index (χ1) is 12.8. The van der Waals surface area contributed by atoms with Gasteiger partial charge in [0, 0.05) is 0 Å². The third kappa shape index (κ3) is 3.26. The van der Waals surface area contributed by atoms with Gasteiger partial charge < -0.3 is 4.98 Å². The molecule has 8 heteroatoms. The normalized spacial score (nSPS) is 22.5. The van der Waals surface area contributed by atoms with E-state index >= 15 is 0 Å². The summed E-state index contributed by atoms with van der Waals surface area (Å²) in [5.41, 5.74) is 0.275. The highest BCUT2D eigenvalue weighted by Gasteiger charge is 2.50. The quantitative estimate of drug-likeness (QED) is 0.694. The average molecular weight is 388 g/mol. The maximum Gasteiger partial charge on any atom is 0.264 e. The van der Waals surface area contributed by atoms with Crippen molar-refractivity contribution in [3.05, 3.63) is 76.1 Å². The first-order valence-electron chi connectivity index (χ1n) is 8.41. The Kier molecular flexibility index (Phi) is 4.12. The van der Waals surface area contributed by atoms with Crippen LogP contribution in [0.25, 0.3) is 10.9 Å². The van der Waals surface area contributed by atoms with Gasteiger partial charge in [-0.15, -0.1) is 0 Å². The van der Waals surface area contributed by atoms with Crippen LogP contribution < -0.4 is 5.56 Å². The van der Waals surface area contributed by atoms with Gasteiger partial charge in [0.2, 0.25) is 0 Å². The second kappa shape index (κ2) is 6.24. The van der Waals surface area contributed by atoms with E-state index in [4.69, 9.17) is 4.18 Å². The molecule has 2 aromatic carbocycles. The van der Waals surface area contributed by atoms with Gasteiger partial charge in [-0.25, -0.2) is 9.37 Å². The Morgan fingerprint density at radius 2 is 1.81 bits per heavy atom. The number of hydrogen-bond donors (Lipinski definition) is 1. The monoisotopic (exact) mass is 388 g/mol. The number of aromatic nitrogens is 2. The van der Waals surface area contributed by atoms with Gasteiger partial charge in [0.25, 0.3) is 15.7 Å². The van der Waals surface area contributed by atoms with Crippen LogP contribution in [0, 0.1) is 5.82 Å². The maximum absolute atomic E-state index is 13.4. The van der Waals surface area contributed by atoms with Crippen molar-refractivity contribution in [3.8, 4) is 0 Å². The van der Waals surface area contributed by atoms with E-state index in [0.717, 1.165) is 11.8 Å². The molecule has 0 amide bonds. The van der Waals surface area contributed by atoms with Crippen molar-refractivity contribution in [1.29, 1.82) is 0 Å². The van der Waals surface area contributed by atoms with Gasteiger partial charge >= 0.3 is 0 Å². The summed E-state index contributed by atoms with van der Waals surface area (Å²) in [7, 11) is -3.60. The lowest BCUT2D eigenvalue weighted by Gasteiger charge is -2.46. The van der Waals surface area contributed by atoms with Crippen LogP contribution in [0.15, 0.2) is 53.3 Å². The minimum atomic E-state index is -3.60. The minimum absolute atomic E-state index is 0.274. The second-order valence-corrected chi connectivity index (χ2v) is 8.45. The molecule has 0 radical (unpaired) electrons. The zero-order valence-electron chi connectivity index (χ0n) is 14.5. The van der Waals surface area contributed by atoms with E-state index in [2.05, 4.69) is 9.97 Å². The Bertz CT molecular complexity index is 1170. The van der Waals surface area contributed by atoms with Gasteiger partial charge in [0.05, 0.1) is 28.7 Å². The van der Waals surface area contributed by atoms with Gasteiger partial charge in [-0.05, 0) is 42.7 Å². The highest BCUT2D eigenvalue weighted by molar-refractivity contribution is 7.86. The van der Waals surface area contributed by atoms with Crippen LogP contribution in [0.5, 0.6) is 0 Å². The van der Waals surface area contributed by atoms with Crippen molar-refractivity contribution in [1.82, 2.24) is 9.97 Å². The van der Waals surface area contributed by atoms with Crippen molar-refractivity contribution in [2.45, 2.75) is 24.4 Å². The smallest absolute Gasteiger partial charge is 0.264 e. The number of aromatic amines is 1. The maximum atomic E-state index is 13.4. The molecule has 0 saturated heterocycles. The Morgan fingerprint density at radius 1 is 1.15 bits per heavy atom. The molecular weight excluding hydrogens is 371 g/mol. The summed E-state index contributed by atoms with van der Waals surface area (Å²) in [6.07, 6.45) is 1.10. The Labute approximate surface area is 155 Å². The van der Waals surface area contributed by atoms with E-state index in [0.29, 0.717) is 29.6 Å². The minimum Gasteiger partial charge on any atom is -0.309 e. The molecule has 0 unspecified atom stereocenters. The van der Waals surface area contributed by atoms with Crippen LogP contribution >= 0.6 is 0 Å². The Morgan fingerprint density at radius 3 is 2.48 bits per heavy atom. The number of hydrogen-bond acceptors (Lipinski definition) is 5. The third-order valence-electron chi connectivity index (χ3n) is 4.93. The van der Waals surface area contributed by atoms with Crippen LogP contribution in [0.2, 0.25) is 0 Å². The van der Waals surface area contributed by atoms with Gasteiger partial charge in [-0.1, -0.05) is 24.3 Å². The van der Waals surface area contributed by atoms with E-state index in [9.17, 15) is 17.6 Å². The molecule has 0 spiro atoms. The number of rotatable bonds is 4. The van der Waals surface area contributed by atoms with Crippen LogP contribution in [-0.2, 0) is 19.7 Å². The molecule has 27 heavy (non-hydrogen) atoms. The zero-order chi connectivity index (χ0) is 19.2. The highest BCUT2D eigenvalue weighted by atomic mass is 32.2. The number of halogens is 1. The summed E-state index contributed by atoms with van der Waals surface area (Å²) in [6, 6.07) is 12.9. The molecule has 0 atom stereocenters. The predicted molar refractivity (Wildman–Crippen MR) is 98.5 cm³/mol. The number of benzene rings is 2. The molecule has 1 heterocycles. The van der Waals surface area contributed by atoms with E-state index in [1.807, 2.05) is 0 Å². The Balaban J connectivity index is 1.82. The second-order valence-electron chi connectivity index (χ2n) is 6.85. The summed E-state index contributed by atoms with van der Waals surface area (Å²) in [6.45, 7) is 0. The van der Waals surface area contributed by atoms with Crippen LogP contribution in [0.4, 0.5) is 4.39 Å². The lowest BCUT2D eigenvalue weighted by atomic mass is 9.62. The van der Waals surface area contributed by atoms with Gasteiger partial charge in [-0.3, -0.25) is 8.98 Å². The van der Waals surface area contributed by atoms with Crippen LogP contribution in [-0.4, -0.2) is 30.7 Å². The summed E-state index contributed by atoms with van der Waals surface area (Å²) in [5.74, 6) is 0.0447. The van der Waals surface area contributed by atoms with Crippen molar-refractivity contribution in [3.63, 3.8) is 0 Å². The van der Waals surface area contributed by atoms with Gasteiger partial charge in [0.15, 0.2) is 0 Å². The standard InChI is InChI=1S/C19H17FN2O4S/c1-27(24,25)26-14-10-19(11-14,12-6-8-13(20)9-7-12)18-21-16-5-3-2-4-15(16)17(23)22-18/h2-9,14H,10-11H2,1H3,(H,21,22,23). The molecular formula is C19H17FN2O4S. The van der Waals surface area contributed by atoms with Crippen LogP contribution in [0.1, 0.15) is 24.2 Å². The van der Waals surface area contributed by atoms with Crippen molar-refractivity contribution in [2.24, 2.45) is 0 Å². The number of H-pyrrole nitrogens is 1. The SMILES string of the molecule is CS(=O)(=O)OC1CC(c2ccc(F)cc2)(c2nc3ccccc3c(=O)[nH]2)C1. The highest BCUT2D eigenvalue weighted by Crippen LogP contribution is 2.49. The van der Waals surface area contributed by atoms with E-state index in [-0.39, 0.29) is 11.4 Å². The van der Waals surface area contributed by atoms with Crippen LogP contribution in [0.3, 0.4) is 0 Å². The summed E-state index contributed by atoms with van der Waals surface area (Å²) >= 11 is 0. The molecule has 1 aliphatic carbocycles. The predicted octanol–water partition coefficient (Wildman–Crippen LogP) is 2.49. The van der Waals surface area contributed by atoms with Gasteiger partial charge in [0.1, 0.15) is 11.6 Å². The van der Waals surface area contributed by atoms with E-state index in [1.54, 1.807) is 36.4 Å². The molecule has 1 aliphatic rings. The number of nitrogens with zero attached hydrogens (tertiary/aromatic N) is 1. The van der Waals surface area contributed by atoms with E-state index in [1.165, 1.54) is 12.1 Å². The third-order valence-corrected chi connectivity index (χ3v) is 5.55. The molecule has 1 aromatic heterocycles. The number of nitrogens with one attached hydrogen (secondary N) is 1. The topological polar surface area (TPSA) is 89.1 Å². The molecule has 6 nitrogen and oxygen atoms in total. The fraction of sp³-hybridized carbons (Fsp3) is 0.263. The van der Waals surface area contributed by atoms with Crippen molar-refractivity contribution in [2.75, 3.05) is 6.26 Å². The molecule has 1 fully saturated rings. The molecule has 0 aliphatic heterocycles. The zero-order valence-corrected chi connectivity index (χ0v) is 15.3. The first kappa shape index (κ1) is 17.8. The molecule has 4 rings (SSSR count). The fourth-order valence-electron chi connectivity index (χ4n) is 3.68. The first-order valence-corrected chi connectivity index (χ1v) is 10.2. The van der Waals surface area contributed by atoms with Crippen molar-refractivity contribution >= 4 is 21.0 Å². The molecule has 1 N–H and O–H groups in total. The largest absolute Gasteiger partial charge is 0.309 e. The lowest BCUT2D eigenvalue weighted by molar-refractivity contribution is 0.0615. The number of fused-ring (bicyclic) bond motifs is 1. The van der Waals surface area contributed by atoms with Gasteiger partial charge in [-0.2, -0.15) is 8.42 Å². The molecule has 3 aromatic rings. The summed E-state index contributed by atoms with van der Waals surface area (Å²) in [5, 5.41) is 0.471. The Hall–Kier alpha value is -2.58. The van der Waals surface area contributed by atoms with Crippen molar-refractivity contribution < 1.29 is 17.0 Å². The fourth-order valence-corrected chi connectivity index (χ4v) is 4.31. The molecule has 140 valence electrons. The van der Waals surface area contributed by atoms with E-state index < -0.39 is 21.6 Å². The lowest BCUT2D eigenvalue weighted by Crippen LogP contribution is -2.49.